The number of hydrogen-bond acceptors (Lipinski definition) is 4. The van der Waals surface area contributed by atoms with Gasteiger partial charge in [-0.15, -0.1) is 0 Å². The van der Waals surface area contributed by atoms with Crippen molar-refractivity contribution in [1.29, 1.82) is 0 Å². The van der Waals surface area contributed by atoms with Gasteiger partial charge in [-0.1, -0.05) is 12.1 Å². The molecule has 0 amide bonds. The topological polar surface area (TPSA) is 75.3 Å². The molecule has 1 aromatic rings. The number of para-hydroxylation sites is 1. The van der Waals surface area contributed by atoms with E-state index in [1.54, 1.807) is 30.5 Å². The zero-order chi connectivity index (χ0) is 14.8. The number of hydrogen-bond donors (Lipinski definition) is 2. The van der Waals surface area contributed by atoms with Crippen molar-refractivity contribution in [3.63, 3.8) is 0 Å². The fourth-order valence-corrected chi connectivity index (χ4v) is 4.23. The van der Waals surface area contributed by atoms with Gasteiger partial charge in [0, 0.05) is 34.9 Å². The molecule has 7 heteroatoms. The average Bonchev–Trinajstić information content (AvgIpc) is 3.11. The van der Waals surface area contributed by atoms with Crippen LogP contribution in [0.5, 0.6) is 0 Å². The molecule has 0 saturated heterocycles. The Morgan fingerprint density at radius 2 is 2.00 bits per heavy atom. The third kappa shape index (κ3) is 4.29. The Morgan fingerprint density at radius 1 is 1.35 bits per heavy atom. The molecule has 0 aliphatic heterocycles. The Morgan fingerprint density at radius 3 is 2.60 bits per heavy atom. The second-order valence-electron chi connectivity index (χ2n) is 5.18. The summed E-state index contributed by atoms with van der Waals surface area (Å²) >= 11 is 0. The Bertz CT molecular complexity index is 597. The lowest BCUT2D eigenvalue weighted by Crippen LogP contribution is -2.28. The van der Waals surface area contributed by atoms with Crippen molar-refractivity contribution in [3.05, 3.63) is 24.3 Å². The molecule has 112 valence electrons. The quantitative estimate of drug-likeness (QED) is 0.795. The third-order valence-electron chi connectivity index (χ3n) is 2.96. The van der Waals surface area contributed by atoms with Crippen molar-refractivity contribution in [1.82, 2.24) is 4.72 Å². The summed E-state index contributed by atoms with van der Waals surface area (Å²) in [5.74, 6) is 0.477. The minimum atomic E-state index is -3.49. The van der Waals surface area contributed by atoms with Crippen LogP contribution in [0.1, 0.15) is 19.8 Å². The predicted octanol–water partition coefficient (Wildman–Crippen LogP) is 1.31. The maximum atomic E-state index is 12.3. The minimum absolute atomic E-state index is 0.0573. The highest BCUT2D eigenvalue weighted by Gasteiger charge is 2.29. The Kier molecular flexibility index (Phi) is 4.82. The predicted molar refractivity (Wildman–Crippen MR) is 81.8 cm³/mol. The maximum absolute atomic E-state index is 12.3. The number of rotatable bonds is 7. The van der Waals surface area contributed by atoms with Gasteiger partial charge in [0.25, 0.3) is 0 Å². The van der Waals surface area contributed by atoms with Crippen molar-refractivity contribution in [3.8, 4) is 0 Å². The van der Waals surface area contributed by atoms with Gasteiger partial charge in [0.1, 0.15) is 4.90 Å². The van der Waals surface area contributed by atoms with E-state index in [1.165, 1.54) is 0 Å². The first-order valence-electron chi connectivity index (χ1n) is 6.56. The van der Waals surface area contributed by atoms with Gasteiger partial charge in [-0.2, -0.15) is 0 Å². The Balaban J connectivity index is 2.19. The van der Waals surface area contributed by atoms with E-state index in [0.717, 1.165) is 12.8 Å². The second kappa shape index (κ2) is 6.24. The summed E-state index contributed by atoms with van der Waals surface area (Å²) in [5, 5.41) is 3.13. The largest absolute Gasteiger partial charge is 0.381 e. The second-order valence-corrected chi connectivity index (χ2v) is 8.34. The summed E-state index contributed by atoms with van der Waals surface area (Å²) in [6.07, 6.45) is 3.44. The van der Waals surface area contributed by atoms with Gasteiger partial charge in [0.2, 0.25) is 10.0 Å². The van der Waals surface area contributed by atoms with Crippen LogP contribution in [0.2, 0.25) is 0 Å². The molecule has 1 aliphatic carbocycles. The first-order chi connectivity index (χ1) is 9.38. The van der Waals surface area contributed by atoms with Gasteiger partial charge < -0.3 is 5.32 Å². The van der Waals surface area contributed by atoms with Crippen LogP contribution in [-0.4, -0.2) is 36.7 Å². The molecule has 0 heterocycles. The van der Waals surface area contributed by atoms with Crippen molar-refractivity contribution >= 4 is 26.5 Å². The molecular formula is C13H20N2O3S2. The van der Waals surface area contributed by atoms with E-state index in [2.05, 4.69) is 10.0 Å². The van der Waals surface area contributed by atoms with Crippen LogP contribution >= 0.6 is 0 Å². The van der Waals surface area contributed by atoms with Gasteiger partial charge in [-0.3, -0.25) is 4.21 Å². The molecule has 20 heavy (non-hydrogen) atoms. The van der Waals surface area contributed by atoms with Crippen LogP contribution < -0.4 is 10.0 Å². The highest BCUT2D eigenvalue weighted by molar-refractivity contribution is 7.89. The normalized spacial score (nSPS) is 18.5. The zero-order valence-electron chi connectivity index (χ0n) is 11.6. The van der Waals surface area contributed by atoms with Crippen LogP contribution in [0, 0.1) is 0 Å². The van der Waals surface area contributed by atoms with E-state index in [4.69, 9.17) is 0 Å². The van der Waals surface area contributed by atoms with Crippen LogP contribution in [0.25, 0.3) is 0 Å². The molecule has 5 nitrogen and oxygen atoms in total. The molecule has 2 atom stereocenters. The van der Waals surface area contributed by atoms with Gasteiger partial charge in [-0.25, -0.2) is 13.1 Å². The molecule has 2 unspecified atom stereocenters. The summed E-state index contributed by atoms with van der Waals surface area (Å²) in [6, 6.07) is 6.83. The fourth-order valence-electron chi connectivity index (χ4n) is 1.96. The number of sulfonamides is 1. The number of anilines is 1. The highest BCUT2D eigenvalue weighted by atomic mass is 32.2. The van der Waals surface area contributed by atoms with E-state index in [9.17, 15) is 12.6 Å². The van der Waals surface area contributed by atoms with Crippen LogP contribution in [0.15, 0.2) is 29.2 Å². The van der Waals surface area contributed by atoms with Crippen molar-refractivity contribution in [2.24, 2.45) is 0 Å². The van der Waals surface area contributed by atoms with Crippen molar-refractivity contribution in [2.45, 2.75) is 36.7 Å². The van der Waals surface area contributed by atoms with Crippen LogP contribution in [-0.2, 0) is 20.8 Å². The van der Waals surface area contributed by atoms with E-state index < -0.39 is 20.8 Å². The minimum Gasteiger partial charge on any atom is -0.381 e. The molecule has 1 aliphatic rings. The molecule has 2 rings (SSSR count). The molecule has 2 N–H and O–H groups in total. The molecular weight excluding hydrogens is 296 g/mol. The number of benzene rings is 1. The average molecular weight is 316 g/mol. The maximum Gasteiger partial charge on any atom is 0.242 e. The standard InChI is InChI=1S/C13H20N2O3S2/c1-10(9-19(2)16)14-12-5-3-4-6-13(12)20(17,18)15-11-7-8-11/h3-6,10-11,14-15H,7-9H2,1-2H3. The smallest absolute Gasteiger partial charge is 0.242 e. The van der Waals surface area contributed by atoms with Gasteiger partial charge in [0.05, 0.1) is 5.69 Å². The van der Waals surface area contributed by atoms with Gasteiger partial charge in [0.15, 0.2) is 0 Å². The van der Waals surface area contributed by atoms with Crippen molar-refractivity contribution < 1.29 is 12.6 Å². The van der Waals surface area contributed by atoms with Gasteiger partial charge >= 0.3 is 0 Å². The first-order valence-corrected chi connectivity index (χ1v) is 9.77. The van der Waals surface area contributed by atoms with E-state index >= 15 is 0 Å². The fraction of sp³-hybridized carbons (Fsp3) is 0.538. The lowest BCUT2D eigenvalue weighted by Gasteiger charge is -2.17. The Labute approximate surface area is 122 Å². The lowest BCUT2D eigenvalue weighted by atomic mass is 10.3. The van der Waals surface area contributed by atoms with Crippen LogP contribution in [0.3, 0.4) is 0 Å². The molecule has 0 aromatic heterocycles. The molecule has 0 spiro atoms. The summed E-state index contributed by atoms with van der Waals surface area (Å²) < 4.78 is 38.5. The summed E-state index contributed by atoms with van der Waals surface area (Å²) in [6.45, 7) is 1.89. The molecule has 1 fully saturated rings. The summed E-state index contributed by atoms with van der Waals surface area (Å²) in [4.78, 5) is 0.251. The van der Waals surface area contributed by atoms with E-state index in [-0.39, 0.29) is 17.0 Å². The van der Waals surface area contributed by atoms with E-state index in [1.807, 2.05) is 6.92 Å². The zero-order valence-corrected chi connectivity index (χ0v) is 13.3. The molecule has 0 bridgehead atoms. The SMILES string of the molecule is CC(CS(C)=O)Nc1ccccc1S(=O)(=O)NC1CC1. The van der Waals surface area contributed by atoms with Gasteiger partial charge in [-0.05, 0) is 31.9 Å². The van der Waals surface area contributed by atoms with Crippen molar-refractivity contribution in [2.75, 3.05) is 17.3 Å². The van der Waals surface area contributed by atoms with Crippen LogP contribution in [0.4, 0.5) is 5.69 Å². The molecule has 0 radical (unpaired) electrons. The monoisotopic (exact) mass is 316 g/mol. The Hall–Kier alpha value is -0.920. The lowest BCUT2D eigenvalue weighted by molar-refractivity contribution is 0.581. The molecule has 1 saturated carbocycles. The van der Waals surface area contributed by atoms with E-state index in [0.29, 0.717) is 11.4 Å². The summed E-state index contributed by atoms with van der Waals surface area (Å²) in [7, 11) is -4.41. The summed E-state index contributed by atoms with van der Waals surface area (Å²) in [5.41, 5.74) is 0.554. The third-order valence-corrected chi connectivity index (χ3v) is 5.51. The highest BCUT2D eigenvalue weighted by Crippen LogP contribution is 2.26. The first kappa shape index (κ1) is 15.5. The number of nitrogens with one attached hydrogen (secondary N) is 2. The molecule has 1 aromatic carbocycles.